The summed E-state index contributed by atoms with van der Waals surface area (Å²) in [6.07, 6.45) is 0.821. The van der Waals surface area contributed by atoms with E-state index in [1.165, 1.54) is 5.56 Å². The van der Waals surface area contributed by atoms with Crippen LogP contribution < -0.4 is 10.1 Å². The summed E-state index contributed by atoms with van der Waals surface area (Å²) in [7, 11) is 0. The Morgan fingerprint density at radius 2 is 1.65 bits per heavy atom. The van der Waals surface area contributed by atoms with Crippen LogP contribution in [0.3, 0.4) is 0 Å². The third-order valence-electron chi connectivity index (χ3n) is 4.47. The van der Waals surface area contributed by atoms with E-state index in [-0.39, 0.29) is 17.6 Å². The summed E-state index contributed by atoms with van der Waals surface area (Å²) < 4.78 is 5.69. The topological polar surface area (TPSA) is 55.4 Å². The van der Waals surface area contributed by atoms with Gasteiger partial charge in [0, 0.05) is 24.4 Å². The molecule has 1 amide bonds. The third-order valence-corrected chi connectivity index (χ3v) is 4.47. The van der Waals surface area contributed by atoms with Gasteiger partial charge < -0.3 is 10.1 Å². The molecule has 0 heterocycles. The van der Waals surface area contributed by atoms with Gasteiger partial charge in [0.2, 0.25) is 0 Å². The summed E-state index contributed by atoms with van der Waals surface area (Å²) in [5.74, 6) is 0.809. The molecule has 0 unspecified atom stereocenters. The standard InChI is InChI=1S/C22H27NO3/c1-4-17(18-9-7-6-8-10-18)15-23-22(25)16(3)26-20-13-11-19(12-14-20)21(24)5-2/h6-14,16-17H,4-5,15H2,1-3H3,(H,23,25)/t16-,17-/m1/s1. The maximum Gasteiger partial charge on any atom is 0.260 e. The maximum atomic E-state index is 12.3. The van der Waals surface area contributed by atoms with Gasteiger partial charge in [0.15, 0.2) is 11.9 Å². The average Bonchev–Trinajstić information content (AvgIpc) is 2.69. The van der Waals surface area contributed by atoms with Gasteiger partial charge in [-0.25, -0.2) is 0 Å². The quantitative estimate of drug-likeness (QED) is 0.682. The predicted octanol–water partition coefficient (Wildman–Crippen LogP) is 4.36. The molecule has 0 aliphatic heterocycles. The summed E-state index contributed by atoms with van der Waals surface area (Å²) in [4.78, 5) is 24.0. The second kappa shape index (κ2) is 9.76. The van der Waals surface area contributed by atoms with Crippen LogP contribution in [0.5, 0.6) is 5.75 Å². The minimum Gasteiger partial charge on any atom is -0.481 e. The van der Waals surface area contributed by atoms with E-state index in [4.69, 9.17) is 4.74 Å². The fourth-order valence-electron chi connectivity index (χ4n) is 2.77. The molecule has 0 radical (unpaired) electrons. The first-order chi connectivity index (χ1) is 12.5. The molecule has 26 heavy (non-hydrogen) atoms. The zero-order valence-corrected chi connectivity index (χ0v) is 15.7. The highest BCUT2D eigenvalue weighted by atomic mass is 16.5. The van der Waals surface area contributed by atoms with Crippen LogP contribution in [0.25, 0.3) is 0 Å². The number of carbonyl (C=O) groups excluding carboxylic acids is 2. The molecule has 0 aliphatic rings. The van der Waals surface area contributed by atoms with Crippen molar-refractivity contribution in [2.24, 2.45) is 0 Å². The van der Waals surface area contributed by atoms with Crippen molar-refractivity contribution >= 4 is 11.7 Å². The van der Waals surface area contributed by atoms with Crippen LogP contribution in [0.15, 0.2) is 54.6 Å². The molecule has 4 nitrogen and oxygen atoms in total. The number of rotatable bonds is 9. The highest BCUT2D eigenvalue weighted by Gasteiger charge is 2.17. The van der Waals surface area contributed by atoms with Crippen LogP contribution in [0.4, 0.5) is 0 Å². The number of hydrogen-bond acceptors (Lipinski definition) is 3. The number of Topliss-reactive ketones (excluding diaryl/α,β-unsaturated/α-hetero) is 1. The van der Waals surface area contributed by atoms with Gasteiger partial charge in [-0.3, -0.25) is 9.59 Å². The molecule has 2 atom stereocenters. The number of nitrogens with one attached hydrogen (secondary N) is 1. The van der Waals surface area contributed by atoms with Gasteiger partial charge in [-0.1, -0.05) is 44.2 Å². The van der Waals surface area contributed by atoms with Crippen LogP contribution in [0.2, 0.25) is 0 Å². The molecule has 0 saturated carbocycles. The molecule has 0 aliphatic carbocycles. The Labute approximate surface area is 155 Å². The lowest BCUT2D eigenvalue weighted by Gasteiger charge is -2.19. The van der Waals surface area contributed by atoms with Crippen LogP contribution in [0.1, 0.15) is 55.5 Å². The van der Waals surface area contributed by atoms with E-state index in [1.54, 1.807) is 31.2 Å². The van der Waals surface area contributed by atoms with Crippen molar-refractivity contribution in [1.29, 1.82) is 0 Å². The number of benzene rings is 2. The fraction of sp³-hybridized carbons (Fsp3) is 0.364. The van der Waals surface area contributed by atoms with Crippen molar-refractivity contribution in [3.8, 4) is 5.75 Å². The molecule has 2 aromatic rings. The summed E-state index contributed by atoms with van der Waals surface area (Å²) in [6.45, 7) is 6.25. The van der Waals surface area contributed by atoms with Gasteiger partial charge in [-0.2, -0.15) is 0 Å². The smallest absolute Gasteiger partial charge is 0.260 e. The van der Waals surface area contributed by atoms with Crippen molar-refractivity contribution in [3.63, 3.8) is 0 Å². The van der Waals surface area contributed by atoms with Gasteiger partial charge in [0.05, 0.1) is 0 Å². The zero-order chi connectivity index (χ0) is 18.9. The van der Waals surface area contributed by atoms with E-state index < -0.39 is 6.10 Å². The van der Waals surface area contributed by atoms with Crippen molar-refractivity contribution < 1.29 is 14.3 Å². The second-order valence-corrected chi connectivity index (χ2v) is 6.32. The Hall–Kier alpha value is -2.62. The summed E-state index contributed by atoms with van der Waals surface area (Å²) in [5.41, 5.74) is 1.88. The second-order valence-electron chi connectivity index (χ2n) is 6.32. The average molecular weight is 353 g/mol. The zero-order valence-electron chi connectivity index (χ0n) is 15.7. The number of ketones is 1. The van der Waals surface area contributed by atoms with E-state index in [0.717, 1.165) is 6.42 Å². The van der Waals surface area contributed by atoms with Crippen LogP contribution in [0, 0.1) is 0 Å². The summed E-state index contributed by atoms with van der Waals surface area (Å²) >= 11 is 0. The summed E-state index contributed by atoms with van der Waals surface area (Å²) in [6, 6.07) is 17.1. The highest BCUT2D eigenvalue weighted by Crippen LogP contribution is 2.18. The minimum atomic E-state index is -0.601. The Bertz CT molecular complexity index is 710. The van der Waals surface area contributed by atoms with Crippen molar-refractivity contribution in [2.75, 3.05) is 6.54 Å². The number of carbonyl (C=O) groups is 2. The molecule has 0 fully saturated rings. The van der Waals surface area contributed by atoms with Crippen molar-refractivity contribution in [1.82, 2.24) is 5.32 Å². The first-order valence-corrected chi connectivity index (χ1v) is 9.17. The van der Waals surface area contributed by atoms with Gasteiger partial charge in [0.1, 0.15) is 5.75 Å². The van der Waals surface area contributed by atoms with Crippen LogP contribution >= 0.6 is 0 Å². The monoisotopic (exact) mass is 353 g/mol. The molecule has 2 aromatic carbocycles. The Morgan fingerprint density at radius 1 is 1.00 bits per heavy atom. The Balaban J connectivity index is 1.88. The van der Waals surface area contributed by atoms with E-state index in [1.807, 2.05) is 25.1 Å². The molecule has 4 heteroatoms. The fourth-order valence-corrected chi connectivity index (χ4v) is 2.77. The van der Waals surface area contributed by atoms with E-state index >= 15 is 0 Å². The lowest BCUT2D eigenvalue weighted by molar-refractivity contribution is -0.127. The van der Waals surface area contributed by atoms with Crippen molar-refractivity contribution in [2.45, 2.75) is 45.6 Å². The molecule has 0 saturated heterocycles. The van der Waals surface area contributed by atoms with Crippen molar-refractivity contribution in [3.05, 3.63) is 65.7 Å². The van der Waals surface area contributed by atoms with E-state index in [2.05, 4.69) is 24.4 Å². The molecule has 0 bridgehead atoms. The maximum absolute atomic E-state index is 12.3. The molecule has 2 rings (SSSR count). The lowest BCUT2D eigenvalue weighted by atomic mass is 9.96. The minimum absolute atomic E-state index is 0.0915. The Morgan fingerprint density at radius 3 is 2.23 bits per heavy atom. The van der Waals surface area contributed by atoms with E-state index in [0.29, 0.717) is 24.3 Å². The first kappa shape index (κ1) is 19.7. The molecule has 0 aromatic heterocycles. The number of hydrogen-bond donors (Lipinski definition) is 1. The van der Waals surface area contributed by atoms with Gasteiger partial charge >= 0.3 is 0 Å². The third kappa shape index (κ3) is 5.45. The summed E-state index contributed by atoms with van der Waals surface area (Å²) in [5, 5.41) is 2.97. The SMILES string of the molecule is CCC(=O)c1ccc(O[C@H](C)C(=O)NC[C@@H](CC)c2ccccc2)cc1. The Kier molecular flexibility index (Phi) is 7.39. The van der Waals surface area contributed by atoms with Gasteiger partial charge in [0.25, 0.3) is 5.91 Å². The molecule has 0 spiro atoms. The predicted molar refractivity (Wildman–Crippen MR) is 104 cm³/mol. The number of ether oxygens (including phenoxy) is 1. The molecule has 138 valence electrons. The van der Waals surface area contributed by atoms with E-state index in [9.17, 15) is 9.59 Å². The van der Waals surface area contributed by atoms with Crippen LogP contribution in [-0.4, -0.2) is 24.3 Å². The lowest BCUT2D eigenvalue weighted by Crippen LogP contribution is -2.38. The van der Waals surface area contributed by atoms with Gasteiger partial charge in [-0.15, -0.1) is 0 Å². The molecular formula is C22H27NO3. The van der Waals surface area contributed by atoms with Crippen LogP contribution in [-0.2, 0) is 4.79 Å². The largest absolute Gasteiger partial charge is 0.481 e. The molecular weight excluding hydrogens is 326 g/mol. The first-order valence-electron chi connectivity index (χ1n) is 9.17. The number of amides is 1. The molecule has 1 N–H and O–H groups in total. The highest BCUT2D eigenvalue weighted by molar-refractivity contribution is 5.95. The van der Waals surface area contributed by atoms with Gasteiger partial charge in [-0.05, 0) is 43.2 Å². The normalized spacial score (nSPS) is 12.9.